The number of anilines is 1. The van der Waals surface area contributed by atoms with Crippen LogP contribution in [-0.4, -0.2) is 4.98 Å². The summed E-state index contributed by atoms with van der Waals surface area (Å²) < 4.78 is 1.07. The van der Waals surface area contributed by atoms with Crippen LogP contribution in [0.1, 0.15) is 5.56 Å². The van der Waals surface area contributed by atoms with Gasteiger partial charge in [-0.25, -0.2) is 4.98 Å². The molecule has 0 aromatic carbocycles. The van der Waals surface area contributed by atoms with Crippen LogP contribution in [0.5, 0.6) is 0 Å². The number of pyridine rings is 1. The van der Waals surface area contributed by atoms with E-state index in [4.69, 9.17) is 5.73 Å². The lowest BCUT2D eigenvalue weighted by Gasteiger charge is -2.06. The SMILES string of the molecule is Cc1ccnc(N)c1-c1sccc1Br. The van der Waals surface area contributed by atoms with Crippen molar-refractivity contribution in [3.05, 3.63) is 33.7 Å². The molecule has 0 unspecified atom stereocenters. The molecule has 72 valence electrons. The molecule has 0 aliphatic rings. The molecule has 0 bridgehead atoms. The van der Waals surface area contributed by atoms with Crippen molar-refractivity contribution in [3.8, 4) is 10.4 Å². The molecule has 2 heterocycles. The predicted molar refractivity (Wildman–Crippen MR) is 64.4 cm³/mol. The average Bonchev–Trinajstić information content (AvgIpc) is 2.52. The normalized spacial score (nSPS) is 10.4. The maximum atomic E-state index is 5.86. The molecule has 0 amide bonds. The highest BCUT2D eigenvalue weighted by Gasteiger charge is 2.11. The second kappa shape index (κ2) is 3.71. The van der Waals surface area contributed by atoms with E-state index in [2.05, 4.69) is 20.9 Å². The van der Waals surface area contributed by atoms with Gasteiger partial charge in [-0.3, -0.25) is 0 Å². The minimum atomic E-state index is 0.591. The summed E-state index contributed by atoms with van der Waals surface area (Å²) >= 11 is 5.16. The number of aryl methyl sites for hydroxylation is 1. The fourth-order valence-electron chi connectivity index (χ4n) is 1.35. The van der Waals surface area contributed by atoms with Crippen molar-refractivity contribution < 1.29 is 0 Å². The first-order valence-corrected chi connectivity index (χ1v) is 5.82. The number of hydrogen-bond donors (Lipinski definition) is 1. The first-order chi connectivity index (χ1) is 6.70. The molecule has 0 radical (unpaired) electrons. The Morgan fingerprint density at radius 3 is 2.79 bits per heavy atom. The summed E-state index contributed by atoms with van der Waals surface area (Å²) in [6.45, 7) is 2.04. The minimum Gasteiger partial charge on any atom is -0.383 e. The summed E-state index contributed by atoms with van der Waals surface area (Å²) in [5, 5.41) is 2.03. The number of hydrogen-bond acceptors (Lipinski definition) is 3. The van der Waals surface area contributed by atoms with E-state index in [1.165, 1.54) is 0 Å². The van der Waals surface area contributed by atoms with Gasteiger partial charge < -0.3 is 5.73 Å². The third-order valence-electron chi connectivity index (χ3n) is 2.03. The van der Waals surface area contributed by atoms with Crippen LogP contribution in [0.15, 0.2) is 28.2 Å². The second-order valence-electron chi connectivity index (χ2n) is 2.99. The van der Waals surface area contributed by atoms with E-state index in [9.17, 15) is 0 Å². The quantitative estimate of drug-likeness (QED) is 0.861. The Hall–Kier alpha value is -0.870. The van der Waals surface area contributed by atoms with E-state index in [1.807, 2.05) is 24.4 Å². The van der Waals surface area contributed by atoms with Crippen LogP contribution in [0, 0.1) is 6.92 Å². The van der Waals surface area contributed by atoms with Crippen LogP contribution in [0.2, 0.25) is 0 Å². The van der Waals surface area contributed by atoms with Crippen molar-refractivity contribution in [1.29, 1.82) is 0 Å². The number of nitrogen functional groups attached to an aromatic ring is 1. The van der Waals surface area contributed by atoms with Crippen LogP contribution in [0.4, 0.5) is 5.82 Å². The molecule has 2 aromatic heterocycles. The molecule has 4 heteroatoms. The predicted octanol–water partition coefficient (Wildman–Crippen LogP) is 3.46. The van der Waals surface area contributed by atoms with Crippen molar-refractivity contribution in [2.45, 2.75) is 6.92 Å². The molecule has 2 rings (SSSR count). The van der Waals surface area contributed by atoms with Crippen molar-refractivity contribution in [2.24, 2.45) is 0 Å². The molecule has 2 N–H and O–H groups in total. The van der Waals surface area contributed by atoms with Gasteiger partial charge in [0.25, 0.3) is 0 Å². The molecule has 2 nitrogen and oxygen atoms in total. The lowest BCUT2D eigenvalue weighted by Crippen LogP contribution is -1.95. The van der Waals surface area contributed by atoms with E-state index in [1.54, 1.807) is 17.5 Å². The number of nitrogens with zero attached hydrogens (tertiary/aromatic N) is 1. The molecular formula is C10H9BrN2S. The standard InChI is InChI=1S/C10H9BrN2S/c1-6-2-4-13-10(12)8(6)9-7(11)3-5-14-9/h2-5H,1H3,(H2,12,13). The zero-order valence-electron chi connectivity index (χ0n) is 7.62. The van der Waals surface area contributed by atoms with Gasteiger partial charge >= 0.3 is 0 Å². The summed E-state index contributed by atoms with van der Waals surface area (Å²) in [7, 11) is 0. The van der Waals surface area contributed by atoms with Crippen LogP contribution in [0.3, 0.4) is 0 Å². The molecule has 0 atom stereocenters. The monoisotopic (exact) mass is 268 g/mol. The third-order valence-corrected chi connectivity index (χ3v) is 3.89. The van der Waals surface area contributed by atoms with E-state index < -0.39 is 0 Å². The zero-order valence-corrected chi connectivity index (χ0v) is 10.0. The summed E-state index contributed by atoms with van der Waals surface area (Å²) in [6.07, 6.45) is 1.73. The number of halogens is 1. The molecule has 0 saturated carbocycles. The largest absolute Gasteiger partial charge is 0.383 e. The van der Waals surface area contributed by atoms with Crippen molar-refractivity contribution in [2.75, 3.05) is 5.73 Å². The van der Waals surface area contributed by atoms with E-state index >= 15 is 0 Å². The maximum Gasteiger partial charge on any atom is 0.132 e. The highest BCUT2D eigenvalue weighted by molar-refractivity contribution is 9.10. The van der Waals surface area contributed by atoms with Crippen LogP contribution in [0.25, 0.3) is 10.4 Å². The Morgan fingerprint density at radius 2 is 2.21 bits per heavy atom. The van der Waals surface area contributed by atoms with Gasteiger partial charge in [0.05, 0.1) is 4.88 Å². The van der Waals surface area contributed by atoms with E-state index in [0.29, 0.717) is 5.82 Å². The fraction of sp³-hybridized carbons (Fsp3) is 0.100. The van der Waals surface area contributed by atoms with Crippen LogP contribution < -0.4 is 5.73 Å². The Morgan fingerprint density at radius 1 is 1.43 bits per heavy atom. The number of aromatic nitrogens is 1. The van der Waals surface area contributed by atoms with Gasteiger partial charge in [-0.05, 0) is 45.9 Å². The van der Waals surface area contributed by atoms with Gasteiger partial charge in [0.1, 0.15) is 5.82 Å². The molecule has 2 aromatic rings. The lowest BCUT2D eigenvalue weighted by molar-refractivity contribution is 1.30. The van der Waals surface area contributed by atoms with E-state index in [-0.39, 0.29) is 0 Å². The highest BCUT2D eigenvalue weighted by Crippen LogP contribution is 2.37. The molecule has 0 aliphatic carbocycles. The number of nitrogens with two attached hydrogens (primary N) is 1. The van der Waals surface area contributed by atoms with Gasteiger partial charge in [-0.15, -0.1) is 11.3 Å². The van der Waals surface area contributed by atoms with Gasteiger partial charge in [0.15, 0.2) is 0 Å². The first-order valence-electron chi connectivity index (χ1n) is 4.14. The molecule has 0 aliphatic heterocycles. The van der Waals surface area contributed by atoms with Gasteiger partial charge in [0, 0.05) is 16.2 Å². The minimum absolute atomic E-state index is 0.591. The van der Waals surface area contributed by atoms with Gasteiger partial charge in [-0.1, -0.05) is 0 Å². The maximum absolute atomic E-state index is 5.86. The van der Waals surface area contributed by atoms with Gasteiger partial charge in [0.2, 0.25) is 0 Å². The molecule has 0 fully saturated rings. The Bertz CT molecular complexity index is 445. The van der Waals surface area contributed by atoms with Crippen molar-refractivity contribution in [3.63, 3.8) is 0 Å². The summed E-state index contributed by atoms with van der Waals surface area (Å²) in [6, 6.07) is 3.99. The summed E-state index contributed by atoms with van der Waals surface area (Å²) in [4.78, 5) is 5.25. The fourth-order valence-corrected chi connectivity index (χ4v) is 3.04. The Kier molecular flexibility index (Phi) is 2.56. The average molecular weight is 269 g/mol. The molecule has 14 heavy (non-hydrogen) atoms. The number of rotatable bonds is 1. The Balaban J connectivity index is 2.68. The number of thiophene rings is 1. The lowest BCUT2D eigenvalue weighted by atomic mass is 10.1. The smallest absolute Gasteiger partial charge is 0.132 e. The third kappa shape index (κ3) is 1.55. The van der Waals surface area contributed by atoms with Crippen molar-refractivity contribution >= 4 is 33.1 Å². The van der Waals surface area contributed by atoms with Gasteiger partial charge in [-0.2, -0.15) is 0 Å². The Labute approximate surface area is 94.9 Å². The summed E-state index contributed by atoms with van der Waals surface area (Å²) in [5.74, 6) is 0.591. The highest BCUT2D eigenvalue weighted by atomic mass is 79.9. The summed E-state index contributed by atoms with van der Waals surface area (Å²) in [5.41, 5.74) is 8.05. The zero-order chi connectivity index (χ0) is 10.1. The van der Waals surface area contributed by atoms with Crippen LogP contribution in [-0.2, 0) is 0 Å². The second-order valence-corrected chi connectivity index (χ2v) is 4.76. The first kappa shape index (κ1) is 9.68. The molecule has 0 spiro atoms. The topological polar surface area (TPSA) is 38.9 Å². The molecule has 0 saturated heterocycles. The molecular weight excluding hydrogens is 260 g/mol. The van der Waals surface area contributed by atoms with Crippen LogP contribution >= 0.6 is 27.3 Å². The van der Waals surface area contributed by atoms with E-state index in [0.717, 1.165) is 20.5 Å². The van der Waals surface area contributed by atoms with Crippen molar-refractivity contribution in [1.82, 2.24) is 4.98 Å².